The van der Waals surface area contributed by atoms with Gasteiger partial charge < -0.3 is 14.8 Å². The first-order chi connectivity index (χ1) is 12.7. The third-order valence-electron chi connectivity index (χ3n) is 4.02. The molecule has 0 aromatic heterocycles. The van der Waals surface area contributed by atoms with Crippen molar-refractivity contribution in [3.63, 3.8) is 0 Å². The lowest BCUT2D eigenvalue weighted by Crippen LogP contribution is -2.23. The van der Waals surface area contributed by atoms with E-state index in [1.165, 1.54) is 57.4 Å². The molecule has 3 rings (SSSR count). The number of carbonyl (C=O) groups excluding carboxylic acids is 2. The molecule has 1 aliphatic heterocycles. The van der Waals surface area contributed by atoms with Crippen LogP contribution in [0, 0.1) is 0 Å². The first-order valence-corrected chi connectivity index (χ1v) is 9.42. The maximum atomic E-state index is 12.6. The van der Waals surface area contributed by atoms with Gasteiger partial charge in [0.1, 0.15) is 0 Å². The first kappa shape index (κ1) is 18.9. The van der Waals surface area contributed by atoms with Gasteiger partial charge in [0.25, 0.3) is 5.91 Å². The standard InChI is InChI=1S/C18H18N2O6S/c1-11(21)14-8-16-17(26-10-25-16)9-15(14)19-18(22)12-5-4-6-13(7-12)27(23,24)20(2)3/h4-9H,10H2,1-3H3,(H,19,22). The van der Waals surface area contributed by atoms with Crippen molar-refractivity contribution >= 4 is 27.4 Å². The van der Waals surface area contributed by atoms with Gasteiger partial charge in [-0.25, -0.2) is 12.7 Å². The van der Waals surface area contributed by atoms with E-state index in [4.69, 9.17) is 9.47 Å². The van der Waals surface area contributed by atoms with E-state index in [2.05, 4.69) is 5.32 Å². The molecule has 1 heterocycles. The molecule has 2 aromatic carbocycles. The number of hydrogen-bond acceptors (Lipinski definition) is 6. The van der Waals surface area contributed by atoms with Crippen LogP contribution in [0.3, 0.4) is 0 Å². The first-order valence-electron chi connectivity index (χ1n) is 7.98. The lowest BCUT2D eigenvalue weighted by Gasteiger charge is -2.13. The number of rotatable bonds is 5. The average molecular weight is 390 g/mol. The van der Waals surface area contributed by atoms with Crippen LogP contribution in [0.15, 0.2) is 41.3 Å². The topological polar surface area (TPSA) is 102 Å². The van der Waals surface area contributed by atoms with Crippen molar-refractivity contribution in [2.75, 3.05) is 26.2 Å². The molecule has 1 amide bonds. The average Bonchev–Trinajstić information content (AvgIpc) is 3.08. The highest BCUT2D eigenvalue weighted by Gasteiger charge is 2.22. The zero-order chi connectivity index (χ0) is 19.8. The minimum atomic E-state index is -3.67. The minimum absolute atomic E-state index is 0.00220. The number of amides is 1. The SMILES string of the molecule is CC(=O)c1cc2c(cc1NC(=O)c1cccc(S(=O)(=O)N(C)C)c1)OCO2. The number of hydrogen-bond donors (Lipinski definition) is 1. The van der Waals surface area contributed by atoms with Crippen molar-refractivity contribution < 1.29 is 27.5 Å². The molecule has 1 aliphatic rings. The van der Waals surface area contributed by atoms with Gasteiger partial charge in [0, 0.05) is 31.3 Å². The van der Waals surface area contributed by atoms with Gasteiger partial charge in [-0.3, -0.25) is 9.59 Å². The number of benzene rings is 2. The Hall–Kier alpha value is -2.91. The lowest BCUT2D eigenvalue weighted by atomic mass is 10.1. The number of anilines is 1. The molecule has 0 atom stereocenters. The number of nitrogens with one attached hydrogen (secondary N) is 1. The number of ether oxygens (including phenoxy) is 2. The molecule has 0 bridgehead atoms. The fraction of sp³-hybridized carbons (Fsp3) is 0.222. The largest absolute Gasteiger partial charge is 0.454 e. The molecule has 8 nitrogen and oxygen atoms in total. The Morgan fingerprint density at radius 3 is 2.37 bits per heavy atom. The van der Waals surface area contributed by atoms with Crippen molar-refractivity contribution in [2.45, 2.75) is 11.8 Å². The van der Waals surface area contributed by atoms with E-state index in [9.17, 15) is 18.0 Å². The highest BCUT2D eigenvalue weighted by Crippen LogP contribution is 2.37. The summed E-state index contributed by atoms with van der Waals surface area (Å²) in [6.07, 6.45) is 0. The van der Waals surface area contributed by atoms with Crippen molar-refractivity contribution in [3.8, 4) is 11.5 Å². The maximum Gasteiger partial charge on any atom is 0.255 e. The van der Waals surface area contributed by atoms with Crippen LogP contribution in [0.5, 0.6) is 11.5 Å². The van der Waals surface area contributed by atoms with Gasteiger partial charge in [-0.15, -0.1) is 0 Å². The fourth-order valence-electron chi connectivity index (χ4n) is 2.54. The molecule has 1 N–H and O–H groups in total. The van der Waals surface area contributed by atoms with Crippen LogP contribution < -0.4 is 14.8 Å². The highest BCUT2D eigenvalue weighted by atomic mass is 32.2. The smallest absolute Gasteiger partial charge is 0.255 e. The van der Waals surface area contributed by atoms with E-state index in [0.29, 0.717) is 11.5 Å². The molecule has 0 saturated heterocycles. The Labute approximate surface area is 156 Å². The summed E-state index contributed by atoms with van der Waals surface area (Å²) in [6, 6.07) is 8.69. The predicted octanol–water partition coefficient (Wildman–Crippen LogP) is 2.12. The monoisotopic (exact) mass is 390 g/mol. The van der Waals surface area contributed by atoms with E-state index < -0.39 is 15.9 Å². The number of sulfonamides is 1. The summed E-state index contributed by atoms with van der Waals surface area (Å²) in [4.78, 5) is 24.5. The second kappa shape index (κ2) is 7.01. The quantitative estimate of drug-likeness (QED) is 0.785. The van der Waals surface area contributed by atoms with Crippen LogP contribution in [0.2, 0.25) is 0 Å². The van der Waals surface area contributed by atoms with E-state index >= 15 is 0 Å². The van der Waals surface area contributed by atoms with Crippen molar-refractivity contribution in [2.24, 2.45) is 0 Å². The van der Waals surface area contributed by atoms with Gasteiger partial charge in [-0.05, 0) is 31.2 Å². The Bertz CT molecular complexity index is 1030. The number of fused-ring (bicyclic) bond motifs is 1. The van der Waals surface area contributed by atoms with E-state index in [1.807, 2.05) is 0 Å². The van der Waals surface area contributed by atoms with Crippen molar-refractivity contribution in [3.05, 3.63) is 47.5 Å². The van der Waals surface area contributed by atoms with Gasteiger partial charge in [0.15, 0.2) is 17.3 Å². The second-order valence-corrected chi connectivity index (χ2v) is 8.23. The number of nitrogens with zero attached hydrogens (tertiary/aromatic N) is 1. The molecule has 142 valence electrons. The van der Waals surface area contributed by atoms with Crippen LogP contribution in [0.4, 0.5) is 5.69 Å². The van der Waals surface area contributed by atoms with Crippen molar-refractivity contribution in [1.29, 1.82) is 0 Å². The van der Waals surface area contributed by atoms with E-state index in [0.717, 1.165) is 4.31 Å². The summed E-state index contributed by atoms with van der Waals surface area (Å²) in [5.74, 6) is 0.0382. The fourth-order valence-corrected chi connectivity index (χ4v) is 3.49. The van der Waals surface area contributed by atoms with E-state index in [-0.39, 0.29) is 34.3 Å². The van der Waals surface area contributed by atoms with Crippen LogP contribution in [0.1, 0.15) is 27.6 Å². The molecular formula is C18H18N2O6S. The van der Waals surface area contributed by atoms with Gasteiger partial charge in [-0.1, -0.05) is 6.07 Å². The maximum absolute atomic E-state index is 12.6. The number of carbonyl (C=O) groups is 2. The van der Waals surface area contributed by atoms with Crippen LogP contribution in [-0.2, 0) is 10.0 Å². The van der Waals surface area contributed by atoms with E-state index in [1.54, 1.807) is 0 Å². The third kappa shape index (κ3) is 3.64. The second-order valence-electron chi connectivity index (χ2n) is 6.08. The van der Waals surface area contributed by atoms with Crippen LogP contribution in [0.25, 0.3) is 0 Å². The number of Topliss-reactive ketones (excluding diaryl/α,β-unsaturated/α-hetero) is 1. The normalized spacial score (nSPS) is 12.9. The van der Waals surface area contributed by atoms with Gasteiger partial charge in [0.05, 0.1) is 10.6 Å². The Morgan fingerprint density at radius 1 is 1.07 bits per heavy atom. The molecule has 0 radical (unpaired) electrons. The van der Waals surface area contributed by atoms with Crippen molar-refractivity contribution in [1.82, 2.24) is 4.31 Å². The zero-order valence-electron chi connectivity index (χ0n) is 15.0. The Balaban J connectivity index is 1.94. The highest BCUT2D eigenvalue weighted by molar-refractivity contribution is 7.89. The summed E-state index contributed by atoms with van der Waals surface area (Å²) in [5.41, 5.74) is 0.674. The third-order valence-corrected chi connectivity index (χ3v) is 5.83. The summed E-state index contributed by atoms with van der Waals surface area (Å²) in [7, 11) is -0.852. The molecule has 9 heteroatoms. The molecule has 0 fully saturated rings. The predicted molar refractivity (Wildman–Crippen MR) is 97.8 cm³/mol. The molecule has 0 aliphatic carbocycles. The summed E-state index contributed by atoms with van der Waals surface area (Å²) in [5, 5.41) is 2.64. The molecule has 0 unspecified atom stereocenters. The molecule has 27 heavy (non-hydrogen) atoms. The lowest BCUT2D eigenvalue weighted by molar-refractivity contribution is 0.101. The van der Waals surface area contributed by atoms with Gasteiger partial charge >= 0.3 is 0 Å². The Morgan fingerprint density at radius 2 is 1.74 bits per heavy atom. The molecule has 0 spiro atoms. The summed E-state index contributed by atoms with van der Waals surface area (Å²) in [6.45, 7) is 1.41. The van der Waals surface area contributed by atoms with Crippen LogP contribution in [-0.4, -0.2) is 45.3 Å². The van der Waals surface area contributed by atoms with Gasteiger partial charge in [-0.2, -0.15) is 0 Å². The summed E-state index contributed by atoms with van der Waals surface area (Å²) < 4.78 is 36.1. The summed E-state index contributed by atoms with van der Waals surface area (Å²) >= 11 is 0. The van der Waals surface area contributed by atoms with Crippen LogP contribution >= 0.6 is 0 Å². The minimum Gasteiger partial charge on any atom is -0.454 e. The Kier molecular flexibility index (Phi) is 4.90. The molecule has 0 saturated carbocycles. The number of ketones is 1. The molecule has 2 aromatic rings. The molecular weight excluding hydrogens is 372 g/mol. The zero-order valence-corrected chi connectivity index (χ0v) is 15.8. The van der Waals surface area contributed by atoms with Gasteiger partial charge in [0.2, 0.25) is 16.8 Å².